The smallest absolute Gasteiger partial charge is 0.321 e. The van der Waals surface area contributed by atoms with Crippen LogP contribution in [0.2, 0.25) is 0 Å². The molecule has 0 bridgehead atoms. The van der Waals surface area contributed by atoms with E-state index in [-0.39, 0.29) is 23.8 Å². The molecule has 28 heavy (non-hydrogen) atoms. The Hall–Kier alpha value is -3.02. The summed E-state index contributed by atoms with van der Waals surface area (Å²) in [5.41, 5.74) is 1.55. The van der Waals surface area contributed by atoms with E-state index in [4.69, 9.17) is 4.74 Å². The molecular weight excluding hydrogens is 354 g/mol. The van der Waals surface area contributed by atoms with E-state index in [1.54, 1.807) is 7.11 Å². The van der Waals surface area contributed by atoms with Gasteiger partial charge < -0.3 is 20.3 Å². The first-order chi connectivity index (χ1) is 13.6. The summed E-state index contributed by atoms with van der Waals surface area (Å²) < 4.78 is 5.13. The van der Waals surface area contributed by atoms with Crippen molar-refractivity contribution < 1.29 is 14.3 Å². The maximum Gasteiger partial charge on any atom is 0.321 e. The van der Waals surface area contributed by atoms with Crippen molar-refractivity contribution in [2.45, 2.75) is 19.8 Å². The summed E-state index contributed by atoms with van der Waals surface area (Å²) in [5.74, 6) is 0.921. The molecule has 1 heterocycles. The van der Waals surface area contributed by atoms with Crippen LogP contribution in [0, 0.1) is 11.8 Å². The molecule has 2 N–H and O–H groups in total. The lowest BCUT2D eigenvalue weighted by atomic mass is 9.85. The van der Waals surface area contributed by atoms with E-state index in [9.17, 15) is 9.59 Å². The van der Waals surface area contributed by atoms with Crippen LogP contribution in [0.1, 0.15) is 19.8 Å². The molecule has 148 valence electrons. The fourth-order valence-electron chi connectivity index (χ4n) is 3.47. The number of likely N-dealkylation sites (tertiary alicyclic amines) is 1. The summed E-state index contributed by atoms with van der Waals surface area (Å²) in [7, 11) is 1.61. The van der Waals surface area contributed by atoms with Crippen LogP contribution in [0.25, 0.3) is 0 Å². The summed E-state index contributed by atoms with van der Waals surface area (Å²) in [6.07, 6.45) is 1.64. The third-order valence-corrected chi connectivity index (χ3v) is 5.33. The van der Waals surface area contributed by atoms with Crippen LogP contribution >= 0.6 is 0 Å². The fraction of sp³-hybridized carbons (Fsp3) is 0.364. The van der Waals surface area contributed by atoms with Crippen molar-refractivity contribution in [3.05, 3.63) is 54.6 Å². The average molecular weight is 381 g/mol. The number of hydrogen-bond acceptors (Lipinski definition) is 3. The SMILES string of the molecule is COc1ccc(NC(=O)[C@@H](C)C2CCN(C(=O)Nc3ccccc3)CC2)cc1. The zero-order valence-electron chi connectivity index (χ0n) is 16.4. The molecule has 1 saturated heterocycles. The van der Waals surface area contributed by atoms with Crippen LogP contribution in [0.3, 0.4) is 0 Å². The van der Waals surface area contributed by atoms with Gasteiger partial charge >= 0.3 is 6.03 Å². The molecule has 1 fully saturated rings. The lowest BCUT2D eigenvalue weighted by molar-refractivity contribution is -0.121. The van der Waals surface area contributed by atoms with Gasteiger partial charge in [-0.1, -0.05) is 25.1 Å². The molecule has 6 heteroatoms. The van der Waals surface area contributed by atoms with Crippen LogP contribution < -0.4 is 15.4 Å². The Morgan fingerprint density at radius 1 is 0.964 bits per heavy atom. The van der Waals surface area contributed by atoms with Gasteiger partial charge in [0, 0.05) is 30.4 Å². The third-order valence-electron chi connectivity index (χ3n) is 5.33. The lowest BCUT2D eigenvalue weighted by Crippen LogP contribution is -2.43. The van der Waals surface area contributed by atoms with Gasteiger partial charge in [0.2, 0.25) is 5.91 Å². The van der Waals surface area contributed by atoms with Crippen molar-refractivity contribution >= 4 is 23.3 Å². The Morgan fingerprint density at radius 2 is 1.57 bits per heavy atom. The molecule has 6 nitrogen and oxygen atoms in total. The van der Waals surface area contributed by atoms with Crippen molar-refractivity contribution in [1.29, 1.82) is 0 Å². The number of carbonyl (C=O) groups excluding carboxylic acids is 2. The van der Waals surface area contributed by atoms with Crippen LogP contribution in [0.15, 0.2) is 54.6 Å². The number of methoxy groups -OCH3 is 1. The summed E-state index contributed by atoms with van der Waals surface area (Å²) in [5, 5.41) is 5.89. The molecule has 1 aliphatic rings. The molecule has 3 amide bonds. The van der Waals surface area contributed by atoms with Crippen LogP contribution in [0.5, 0.6) is 5.75 Å². The Labute approximate surface area is 165 Å². The van der Waals surface area contributed by atoms with Gasteiger partial charge in [0.25, 0.3) is 0 Å². The maximum absolute atomic E-state index is 12.6. The molecular formula is C22H27N3O3. The number of hydrogen-bond donors (Lipinski definition) is 2. The maximum atomic E-state index is 12.6. The van der Waals surface area contributed by atoms with E-state index < -0.39 is 0 Å². The molecule has 0 spiro atoms. The Morgan fingerprint density at radius 3 is 2.18 bits per heavy atom. The normalized spacial score (nSPS) is 15.6. The molecule has 1 atom stereocenters. The highest BCUT2D eigenvalue weighted by molar-refractivity contribution is 5.92. The minimum Gasteiger partial charge on any atom is -0.497 e. The van der Waals surface area contributed by atoms with Crippen LogP contribution in [-0.2, 0) is 4.79 Å². The van der Waals surface area contributed by atoms with E-state index in [1.165, 1.54) is 0 Å². The Bertz CT molecular complexity index is 784. The van der Waals surface area contributed by atoms with Crippen LogP contribution in [-0.4, -0.2) is 37.0 Å². The highest BCUT2D eigenvalue weighted by Gasteiger charge is 2.29. The quantitative estimate of drug-likeness (QED) is 0.815. The summed E-state index contributed by atoms with van der Waals surface area (Å²) in [6.45, 7) is 3.27. The van der Waals surface area contributed by atoms with Crippen molar-refractivity contribution in [3.8, 4) is 5.75 Å². The van der Waals surface area contributed by atoms with Crippen molar-refractivity contribution in [2.24, 2.45) is 11.8 Å². The van der Waals surface area contributed by atoms with Gasteiger partial charge in [-0.15, -0.1) is 0 Å². The molecule has 0 saturated carbocycles. The lowest BCUT2D eigenvalue weighted by Gasteiger charge is -2.34. The zero-order valence-corrected chi connectivity index (χ0v) is 16.4. The number of nitrogens with one attached hydrogen (secondary N) is 2. The van der Waals surface area contributed by atoms with E-state index in [0.29, 0.717) is 13.1 Å². The average Bonchev–Trinajstić information content (AvgIpc) is 2.74. The van der Waals surface area contributed by atoms with E-state index >= 15 is 0 Å². The minimum absolute atomic E-state index is 0.0114. The van der Waals surface area contributed by atoms with E-state index in [1.807, 2.05) is 66.4 Å². The first-order valence-corrected chi connectivity index (χ1v) is 9.62. The highest BCUT2D eigenvalue weighted by Crippen LogP contribution is 2.27. The van der Waals surface area contributed by atoms with Crippen LogP contribution in [0.4, 0.5) is 16.2 Å². The van der Waals surface area contributed by atoms with Crippen molar-refractivity contribution in [3.63, 3.8) is 0 Å². The second-order valence-electron chi connectivity index (χ2n) is 7.13. The minimum atomic E-state index is -0.110. The van der Waals surface area contributed by atoms with E-state index in [0.717, 1.165) is 30.0 Å². The summed E-state index contributed by atoms with van der Waals surface area (Å²) in [4.78, 5) is 26.8. The molecule has 0 unspecified atom stereocenters. The number of urea groups is 1. The number of nitrogens with zero attached hydrogens (tertiary/aromatic N) is 1. The first-order valence-electron chi connectivity index (χ1n) is 9.62. The molecule has 0 aliphatic carbocycles. The molecule has 2 aromatic carbocycles. The predicted molar refractivity (Wildman–Crippen MR) is 111 cm³/mol. The zero-order chi connectivity index (χ0) is 19.9. The number of ether oxygens (including phenoxy) is 1. The van der Waals surface area contributed by atoms with Crippen molar-refractivity contribution in [2.75, 3.05) is 30.8 Å². The third kappa shape index (κ3) is 5.03. The van der Waals surface area contributed by atoms with Crippen molar-refractivity contribution in [1.82, 2.24) is 4.90 Å². The number of piperidine rings is 1. The van der Waals surface area contributed by atoms with Gasteiger partial charge in [0.05, 0.1) is 7.11 Å². The number of amides is 3. The van der Waals surface area contributed by atoms with Gasteiger partial charge in [0.1, 0.15) is 5.75 Å². The standard InChI is InChI=1S/C22H27N3O3/c1-16(21(26)23-19-8-10-20(28-2)11-9-19)17-12-14-25(15-13-17)22(27)24-18-6-4-3-5-7-18/h3-11,16-17H,12-15H2,1-2H3,(H,23,26)(H,24,27)/t16-/m0/s1. The summed E-state index contributed by atoms with van der Waals surface area (Å²) in [6, 6.07) is 16.7. The van der Waals surface area contributed by atoms with Gasteiger partial charge in [-0.3, -0.25) is 4.79 Å². The molecule has 2 aromatic rings. The van der Waals surface area contributed by atoms with E-state index in [2.05, 4.69) is 10.6 Å². The number of para-hydroxylation sites is 1. The van der Waals surface area contributed by atoms with Gasteiger partial charge in [-0.2, -0.15) is 0 Å². The van der Waals surface area contributed by atoms with Gasteiger partial charge in [-0.05, 0) is 55.2 Å². The number of carbonyl (C=O) groups is 2. The highest BCUT2D eigenvalue weighted by atomic mass is 16.5. The molecule has 1 aliphatic heterocycles. The van der Waals surface area contributed by atoms with Gasteiger partial charge in [0.15, 0.2) is 0 Å². The molecule has 0 radical (unpaired) electrons. The monoisotopic (exact) mass is 381 g/mol. The summed E-state index contributed by atoms with van der Waals surface area (Å²) >= 11 is 0. The molecule has 3 rings (SSSR count). The Kier molecular flexibility index (Phi) is 6.53. The second kappa shape index (κ2) is 9.26. The predicted octanol–water partition coefficient (Wildman–Crippen LogP) is 4.21. The topological polar surface area (TPSA) is 70.7 Å². The van der Waals surface area contributed by atoms with Gasteiger partial charge in [-0.25, -0.2) is 4.79 Å². The number of benzene rings is 2. The first kappa shape index (κ1) is 19.7. The fourth-order valence-corrected chi connectivity index (χ4v) is 3.47. The second-order valence-corrected chi connectivity index (χ2v) is 7.13. The number of anilines is 2. The molecule has 0 aromatic heterocycles. The largest absolute Gasteiger partial charge is 0.497 e. The number of rotatable bonds is 5. The Balaban J connectivity index is 1.47.